The molecule has 1 aromatic carbocycles. The maximum atomic E-state index is 7.11. The summed E-state index contributed by atoms with van der Waals surface area (Å²) < 4.78 is 2.80. The number of hydrogen-bond acceptors (Lipinski definition) is 3. The molecule has 0 amide bonds. The highest BCUT2D eigenvalue weighted by molar-refractivity contribution is 9.10. The van der Waals surface area contributed by atoms with Gasteiger partial charge in [-0.3, -0.25) is 4.57 Å². The van der Waals surface area contributed by atoms with E-state index in [1.165, 1.54) is 0 Å². The van der Waals surface area contributed by atoms with Gasteiger partial charge >= 0.3 is 0 Å². The van der Waals surface area contributed by atoms with Crippen molar-refractivity contribution in [3.8, 4) is 5.69 Å². The molecule has 0 saturated carbocycles. The molecule has 0 N–H and O–H groups in total. The van der Waals surface area contributed by atoms with Crippen molar-refractivity contribution < 1.29 is 0 Å². The van der Waals surface area contributed by atoms with Gasteiger partial charge in [0.2, 0.25) is 6.54 Å². The summed E-state index contributed by atoms with van der Waals surface area (Å²) in [7, 11) is 0. The van der Waals surface area contributed by atoms with Gasteiger partial charge in [0.05, 0.1) is 21.1 Å². The third kappa shape index (κ3) is 3.84. The molecule has 3 aromatic rings. The lowest BCUT2D eigenvalue weighted by Gasteiger charge is -2.31. The Morgan fingerprint density at radius 3 is 2.45 bits per heavy atom. The minimum absolute atomic E-state index is 0.480. The molecule has 3 heterocycles. The Labute approximate surface area is 188 Å². The van der Waals surface area contributed by atoms with Crippen molar-refractivity contribution in [1.82, 2.24) is 14.5 Å². The summed E-state index contributed by atoms with van der Waals surface area (Å²) in [6.07, 6.45) is 4.04. The van der Waals surface area contributed by atoms with E-state index >= 15 is 0 Å². The zero-order valence-corrected chi connectivity index (χ0v) is 19.3. The Morgan fingerprint density at radius 2 is 1.83 bits per heavy atom. The lowest BCUT2D eigenvalue weighted by atomic mass is 9.97. The molecular weight excluding hydrogens is 473 g/mol. The van der Waals surface area contributed by atoms with E-state index in [2.05, 4.69) is 32.6 Å². The van der Waals surface area contributed by atoms with Crippen LogP contribution < -0.4 is 4.90 Å². The summed E-state index contributed by atoms with van der Waals surface area (Å²) in [4.78, 5) is 15.4. The molecule has 0 bridgehead atoms. The van der Waals surface area contributed by atoms with Gasteiger partial charge in [0.25, 0.3) is 0 Å². The molecule has 150 valence electrons. The van der Waals surface area contributed by atoms with Crippen LogP contribution in [0.25, 0.3) is 21.6 Å². The summed E-state index contributed by atoms with van der Waals surface area (Å²) in [5, 5.41) is 2.13. The van der Waals surface area contributed by atoms with E-state index < -0.39 is 0 Å². The van der Waals surface area contributed by atoms with E-state index in [-0.39, 0.29) is 0 Å². The zero-order chi connectivity index (χ0) is 20.7. The fraction of sp³-hybridized carbons (Fsp3) is 0.381. The molecule has 4 rings (SSSR count). The van der Waals surface area contributed by atoms with Crippen LogP contribution in [0.2, 0.25) is 10.0 Å². The summed E-state index contributed by atoms with van der Waals surface area (Å²) in [6.45, 7) is 13.5. The van der Waals surface area contributed by atoms with Crippen molar-refractivity contribution in [2.24, 2.45) is 5.92 Å². The van der Waals surface area contributed by atoms with E-state index in [0.29, 0.717) is 28.3 Å². The van der Waals surface area contributed by atoms with Crippen LogP contribution in [0.5, 0.6) is 0 Å². The molecular formula is C21H20BrCl2N5. The molecule has 1 fully saturated rings. The van der Waals surface area contributed by atoms with Gasteiger partial charge in [-0.05, 0) is 44.4 Å². The first-order chi connectivity index (χ1) is 13.9. The third-order valence-electron chi connectivity index (χ3n) is 5.41. The summed E-state index contributed by atoms with van der Waals surface area (Å²) in [6, 6.07) is 3.67. The summed E-state index contributed by atoms with van der Waals surface area (Å²) in [5.74, 6) is 2.14. The van der Waals surface area contributed by atoms with Crippen molar-refractivity contribution in [2.75, 3.05) is 24.5 Å². The topological polar surface area (TPSA) is 38.3 Å². The standard InChI is InChI=1S/C21H20BrCl2N5/c1-12-11-29(19-16(23)8-15(22)9-17(19)24)21-18(12)20(26-13(2)27-21)28-6-4-14(5-7-28)10-25-3/h8-9,11,14H,4-7,10H2,1-2H3. The molecule has 1 saturated heterocycles. The van der Waals surface area contributed by atoms with Crippen LogP contribution in [0.3, 0.4) is 0 Å². The monoisotopic (exact) mass is 491 g/mol. The van der Waals surface area contributed by atoms with Crippen LogP contribution in [0, 0.1) is 26.3 Å². The summed E-state index contributed by atoms with van der Waals surface area (Å²) in [5.41, 5.74) is 2.60. The maximum absolute atomic E-state index is 7.11. The van der Waals surface area contributed by atoms with Crippen LogP contribution in [-0.2, 0) is 0 Å². The minimum Gasteiger partial charge on any atom is -0.356 e. The van der Waals surface area contributed by atoms with Crippen molar-refractivity contribution in [3.05, 3.63) is 55.7 Å². The number of anilines is 1. The first kappa shape index (κ1) is 20.5. The van der Waals surface area contributed by atoms with Crippen molar-refractivity contribution in [3.63, 3.8) is 0 Å². The molecule has 2 aromatic heterocycles. The lowest BCUT2D eigenvalue weighted by molar-refractivity contribution is 0.429. The van der Waals surface area contributed by atoms with Crippen LogP contribution >= 0.6 is 39.1 Å². The second kappa shape index (κ2) is 8.14. The highest BCUT2D eigenvalue weighted by atomic mass is 79.9. The number of piperidine rings is 1. The van der Waals surface area contributed by atoms with Gasteiger partial charge in [0, 0.05) is 29.7 Å². The average molecular weight is 493 g/mol. The highest BCUT2D eigenvalue weighted by Crippen LogP contribution is 2.38. The van der Waals surface area contributed by atoms with Gasteiger partial charge in [-0.15, -0.1) is 0 Å². The van der Waals surface area contributed by atoms with Crippen LogP contribution in [0.4, 0.5) is 5.82 Å². The molecule has 5 nitrogen and oxygen atoms in total. The Balaban J connectivity index is 1.83. The normalized spacial score (nSPS) is 15.1. The third-order valence-corrected chi connectivity index (χ3v) is 6.45. The molecule has 8 heteroatoms. The number of rotatable bonds is 3. The van der Waals surface area contributed by atoms with Gasteiger partial charge in [-0.25, -0.2) is 16.5 Å². The number of aryl methyl sites for hydroxylation is 2. The second-order valence-corrected chi connectivity index (χ2v) is 9.19. The SMILES string of the molecule is [C-]#[N+]CC1CCN(c2nc(C)nc3c2c(C)cn3-c2c(Cl)cc(Br)cc2Cl)CC1. The molecule has 1 aliphatic rings. The van der Waals surface area contributed by atoms with Gasteiger partial charge < -0.3 is 9.74 Å². The van der Waals surface area contributed by atoms with E-state index in [9.17, 15) is 0 Å². The first-order valence-electron chi connectivity index (χ1n) is 9.48. The Morgan fingerprint density at radius 1 is 1.17 bits per heavy atom. The first-order valence-corrected chi connectivity index (χ1v) is 11.0. The van der Waals surface area contributed by atoms with Crippen LogP contribution in [0.15, 0.2) is 22.8 Å². The number of nitrogens with zero attached hydrogens (tertiary/aromatic N) is 5. The van der Waals surface area contributed by atoms with E-state index in [4.69, 9.17) is 39.7 Å². The van der Waals surface area contributed by atoms with E-state index in [0.717, 1.165) is 58.5 Å². The van der Waals surface area contributed by atoms with Gasteiger partial charge in [-0.1, -0.05) is 39.1 Å². The van der Waals surface area contributed by atoms with Crippen molar-refractivity contribution in [2.45, 2.75) is 26.7 Å². The molecule has 0 spiro atoms. The largest absolute Gasteiger partial charge is 0.356 e. The average Bonchev–Trinajstić information content (AvgIpc) is 2.97. The predicted octanol–water partition coefficient (Wildman–Crippen LogP) is 6.24. The van der Waals surface area contributed by atoms with Crippen LogP contribution in [0.1, 0.15) is 24.2 Å². The van der Waals surface area contributed by atoms with Gasteiger partial charge in [-0.2, -0.15) is 0 Å². The van der Waals surface area contributed by atoms with Crippen molar-refractivity contribution >= 4 is 56.0 Å². The molecule has 0 unspecified atom stereocenters. The molecule has 0 radical (unpaired) electrons. The number of benzene rings is 1. The van der Waals surface area contributed by atoms with Gasteiger partial charge in [0.15, 0.2) is 5.65 Å². The van der Waals surface area contributed by atoms with E-state index in [1.54, 1.807) is 0 Å². The molecule has 0 atom stereocenters. The van der Waals surface area contributed by atoms with Crippen LogP contribution in [-0.4, -0.2) is 34.2 Å². The smallest absolute Gasteiger partial charge is 0.217 e. The van der Waals surface area contributed by atoms with Gasteiger partial charge in [0.1, 0.15) is 11.6 Å². The summed E-state index contributed by atoms with van der Waals surface area (Å²) >= 11 is 16.5. The molecule has 1 aliphatic heterocycles. The fourth-order valence-electron chi connectivity index (χ4n) is 4.01. The quantitative estimate of drug-likeness (QED) is 0.406. The number of hydrogen-bond donors (Lipinski definition) is 0. The Bertz CT molecular complexity index is 1100. The Hall–Kier alpha value is -1.81. The second-order valence-electron chi connectivity index (χ2n) is 7.46. The minimum atomic E-state index is 0.480. The lowest BCUT2D eigenvalue weighted by Crippen LogP contribution is -2.35. The fourth-order valence-corrected chi connectivity index (χ4v) is 5.40. The number of fused-ring (bicyclic) bond motifs is 1. The highest BCUT2D eigenvalue weighted by Gasteiger charge is 2.26. The number of halogens is 3. The van der Waals surface area contributed by atoms with E-state index in [1.807, 2.05) is 29.8 Å². The van der Waals surface area contributed by atoms with Crippen molar-refractivity contribution in [1.29, 1.82) is 0 Å². The predicted molar refractivity (Wildman–Crippen MR) is 122 cm³/mol. The number of aromatic nitrogens is 3. The molecule has 29 heavy (non-hydrogen) atoms. The maximum Gasteiger partial charge on any atom is 0.217 e. The molecule has 0 aliphatic carbocycles. The Kier molecular flexibility index (Phi) is 5.74. The zero-order valence-electron chi connectivity index (χ0n) is 16.2.